The SMILES string of the molecule is CCCCC(CC)C(=O)N(CCc1ccc(Cl)cc1Cl)Cc1ccc([N+](=O)[O-])cc1. The van der Waals surface area contributed by atoms with Gasteiger partial charge in [0.15, 0.2) is 0 Å². The van der Waals surface area contributed by atoms with Gasteiger partial charge in [-0.3, -0.25) is 14.9 Å². The van der Waals surface area contributed by atoms with Crippen LogP contribution in [0.5, 0.6) is 0 Å². The summed E-state index contributed by atoms with van der Waals surface area (Å²) in [5.74, 6) is 0.0954. The van der Waals surface area contributed by atoms with Gasteiger partial charge in [-0.05, 0) is 42.5 Å². The summed E-state index contributed by atoms with van der Waals surface area (Å²) in [5, 5.41) is 12.1. The first-order chi connectivity index (χ1) is 14.3. The summed E-state index contributed by atoms with van der Waals surface area (Å²) >= 11 is 12.3. The minimum atomic E-state index is -0.424. The van der Waals surface area contributed by atoms with Gasteiger partial charge in [0.25, 0.3) is 5.69 Å². The molecule has 5 nitrogen and oxygen atoms in total. The number of unbranched alkanes of at least 4 members (excludes halogenated alkanes) is 1. The van der Waals surface area contributed by atoms with Crippen LogP contribution in [-0.2, 0) is 17.8 Å². The van der Waals surface area contributed by atoms with Crippen LogP contribution in [0.2, 0.25) is 10.0 Å². The molecular weight excluding hydrogens is 423 g/mol. The average molecular weight is 451 g/mol. The normalized spacial score (nSPS) is 11.9. The van der Waals surface area contributed by atoms with Crippen LogP contribution < -0.4 is 0 Å². The number of carbonyl (C=O) groups is 1. The van der Waals surface area contributed by atoms with E-state index >= 15 is 0 Å². The van der Waals surface area contributed by atoms with Gasteiger partial charge in [-0.1, -0.05) is 68.1 Å². The highest BCUT2D eigenvalue weighted by molar-refractivity contribution is 6.35. The number of hydrogen-bond acceptors (Lipinski definition) is 3. The number of carbonyl (C=O) groups excluding carboxylic acids is 1. The summed E-state index contributed by atoms with van der Waals surface area (Å²) < 4.78 is 0. The van der Waals surface area contributed by atoms with E-state index in [1.165, 1.54) is 12.1 Å². The van der Waals surface area contributed by atoms with Gasteiger partial charge in [-0.15, -0.1) is 0 Å². The van der Waals surface area contributed by atoms with Crippen LogP contribution in [0.1, 0.15) is 50.7 Å². The number of non-ortho nitro benzene ring substituents is 1. The highest BCUT2D eigenvalue weighted by atomic mass is 35.5. The Labute approximate surface area is 188 Å². The molecule has 0 spiro atoms. The lowest BCUT2D eigenvalue weighted by molar-refractivity contribution is -0.384. The minimum Gasteiger partial charge on any atom is -0.338 e. The molecule has 0 aliphatic carbocycles. The van der Waals surface area contributed by atoms with Crippen LogP contribution in [0, 0.1) is 16.0 Å². The summed E-state index contributed by atoms with van der Waals surface area (Å²) in [6, 6.07) is 11.7. The molecule has 2 aromatic rings. The maximum absolute atomic E-state index is 13.3. The lowest BCUT2D eigenvalue weighted by atomic mass is 9.97. The van der Waals surface area contributed by atoms with E-state index in [0.717, 1.165) is 36.8 Å². The molecule has 0 N–H and O–H groups in total. The van der Waals surface area contributed by atoms with Gasteiger partial charge in [0, 0.05) is 41.2 Å². The van der Waals surface area contributed by atoms with Crippen molar-refractivity contribution in [2.75, 3.05) is 6.54 Å². The topological polar surface area (TPSA) is 63.5 Å². The van der Waals surface area contributed by atoms with E-state index in [0.29, 0.717) is 29.6 Å². The van der Waals surface area contributed by atoms with Crippen LogP contribution in [0.4, 0.5) is 5.69 Å². The van der Waals surface area contributed by atoms with Crippen LogP contribution in [0.25, 0.3) is 0 Å². The molecule has 0 saturated heterocycles. The second kappa shape index (κ2) is 11.9. The summed E-state index contributed by atoms with van der Waals surface area (Å²) in [5.41, 5.74) is 1.84. The number of nitro benzene ring substituents is 1. The van der Waals surface area contributed by atoms with E-state index in [-0.39, 0.29) is 17.5 Å². The third kappa shape index (κ3) is 6.99. The van der Waals surface area contributed by atoms with Crippen molar-refractivity contribution in [3.05, 3.63) is 73.8 Å². The Kier molecular flexibility index (Phi) is 9.60. The van der Waals surface area contributed by atoms with E-state index in [2.05, 4.69) is 6.92 Å². The first-order valence-electron chi connectivity index (χ1n) is 10.3. The van der Waals surface area contributed by atoms with Gasteiger partial charge in [0.05, 0.1) is 4.92 Å². The van der Waals surface area contributed by atoms with Crippen molar-refractivity contribution in [1.82, 2.24) is 4.90 Å². The highest BCUT2D eigenvalue weighted by Gasteiger charge is 2.23. The predicted molar refractivity (Wildman–Crippen MR) is 122 cm³/mol. The molecule has 0 bridgehead atoms. The van der Waals surface area contributed by atoms with Crippen LogP contribution in [-0.4, -0.2) is 22.3 Å². The molecule has 7 heteroatoms. The number of nitrogens with zero attached hydrogens (tertiary/aromatic N) is 2. The summed E-state index contributed by atoms with van der Waals surface area (Å²) in [7, 11) is 0. The maximum atomic E-state index is 13.3. The molecule has 0 fully saturated rings. The first kappa shape index (κ1) is 24.2. The molecule has 1 unspecified atom stereocenters. The van der Waals surface area contributed by atoms with Crippen molar-refractivity contribution in [3.63, 3.8) is 0 Å². The zero-order valence-corrected chi connectivity index (χ0v) is 19.0. The van der Waals surface area contributed by atoms with E-state index in [9.17, 15) is 14.9 Å². The Morgan fingerprint density at radius 2 is 1.83 bits per heavy atom. The molecule has 1 amide bonds. The summed E-state index contributed by atoms with van der Waals surface area (Å²) in [6.45, 7) is 5.08. The fourth-order valence-corrected chi connectivity index (χ4v) is 3.90. The van der Waals surface area contributed by atoms with Crippen molar-refractivity contribution in [2.45, 2.75) is 52.5 Å². The second-order valence-corrected chi connectivity index (χ2v) is 8.26. The molecule has 162 valence electrons. The van der Waals surface area contributed by atoms with Crippen molar-refractivity contribution in [2.24, 2.45) is 5.92 Å². The van der Waals surface area contributed by atoms with Crippen LogP contribution >= 0.6 is 23.2 Å². The van der Waals surface area contributed by atoms with E-state index in [4.69, 9.17) is 23.2 Å². The molecule has 1 atom stereocenters. The number of benzene rings is 2. The third-order valence-electron chi connectivity index (χ3n) is 5.25. The first-order valence-corrected chi connectivity index (χ1v) is 11.1. The molecular formula is C23H28Cl2N2O3. The molecule has 30 heavy (non-hydrogen) atoms. The number of rotatable bonds is 11. The molecule has 0 heterocycles. The molecule has 2 aromatic carbocycles. The standard InChI is InChI=1S/C23H28Cl2N2O3/c1-3-5-6-18(4-2)23(28)26(14-13-19-9-10-20(24)15-22(19)25)16-17-7-11-21(12-8-17)27(29)30/h7-12,15,18H,3-6,13-14,16H2,1-2H3. The van der Waals surface area contributed by atoms with Crippen LogP contribution in [0.3, 0.4) is 0 Å². The number of amides is 1. The van der Waals surface area contributed by atoms with E-state index in [1.807, 2.05) is 17.9 Å². The van der Waals surface area contributed by atoms with Gasteiger partial charge < -0.3 is 4.90 Å². The van der Waals surface area contributed by atoms with Crippen molar-refractivity contribution in [3.8, 4) is 0 Å². The van der Waals surface area contributed by atoms with Gasteiger partial charge >= 0.3 is 0 Å². The number of hydrogen-bond donors (Lipinski definition) is 0. The summed E-state index contributed by atoms with van der Waals surface area (Å²) in [6.07, 6.45) is 4.33. The Hall–Kier alpha value is -2.11. The predicted octanol–water partition coefficient (Wildman–Crippen LogP) is 6.69. The molecule has 0 saturated carbocycles. The molecule has 2 rings (SSSR count). The Balaban J connectivity index is 2.19. The minimum absolute atomic E-state index is 0.0244. The Morgan fingerprint density at radius 3 is 2.40 bits per heavy atom. The summed E-state index contributed by atoms with van der Waals surface area (Å²) in [4.78, 5) is 25.6. The van der Waals surface area contributed by atoms with Gasteiger partial charge in [-0.25, -0.2) is 0 Å². The van der Waals surface area contributed by atoms with Crippen molar-refractivity contribution in [1.29, 1.82) is 0 Å². The highest BCUT2D eigenvalue weighted by Crippen LogP contribution is 2.23. The Bertz CT molecular complexity index is 856. The zero-order valence-electron chi connectivity index (χ0n) is 17.4. The second-order valence-electron chi connectivity index (χ2n) is 7.42. The third-order valence-corrected chi connectivity index (χ3v) is 5.83. The number of nitro groups is 1. The van der Waals surface area contributed by atoms with Gasteiger partial charge in [-0.2, -0.15) is 0 Å². The number of halogens is 2. The lowest BCUT2D eigenvalue weighted by Crippen LogP contribution is -2.37. The molecule has 0 radical (unpaired) electrons. The fraction of sp³-hybridized carbons (Fsp3) is 0.435. The average Bonchev–Trinajstić information content (AvgIpc) is 2.72. The molecule has 0 aromatic heterocycles. The van der Waals surface area contributed by atoms with Crippen molar-refractivity contribution < 1.29 is 9.72 Å². The van der Waals surface area contributed by atoms with Crippen LogP contribution in [0.15, 0.2) is 42.5 Å². The lowest BCUT2D eigenvalue weighted by Gasteiger charge is -2.27. The zero-order chi connectivity index (χ0) is 22.1. The van der Waals surface area contributed by atoms with E-state index < -0.39 is 4.92 Å². The van der Waals surface area contributed by atoms with Crippen molar-refractivity contribution >= 4 is 34.8 Å². The largest absolute Gasteiger partial charge is 0.338 e. The fourth-order valence-electron chi connectivity index (χ4n) is 3.40. The smallest absolute Gasteiger partial charge is 0.269 e. The Morgan fingerprint density at radius 1 is 1.13 bits per heavy atom. The monoisotopic (exact) mass is 450 g/mol. The van der Waals surface area contributed by atoms with Gasteiger partial charge in [0.2, 0.25) is 5.91 Å². The quantitative estimate of drug-likeness (QED) is 0.282. The molecule has 0 aliphatic rings. The maximum Gasteiger partial charge on any atom is 0.269 e. The van der Waals surface area contributed by atoms with Gasteiger partial charge in [0.1, 0.15) is 0 Å². The van der Waals surface area contributed by atoms with E-state index in [1.54, 1.807) is 24.3 Å². The molecule has 0 aliphatic heterocycles.